The van der Waals surface area contributed by atoms with Crippen molar-refractivity contribution >= 4 is 17.8 Å². The Bertz CT molecular complexity index is 813. The second-order valence-corrected chi connectivity index (χ2v) is 10.3. The van der Waals surface area contributed by atoms with Gasteiger partial charge in [-0.2, -0.15) is 0 Å². The Morgan fingerprint density at radius 3 is 2.30 bits per heavy atom. The normalized spacial score (nSPS) is 37.0. The number of allylic oxidation sites excluding steroid dienone is 1. The topological polar surface area (TPSA) is 46.2 Å². The maximum Gasteiger partial charge on any atom is 0.163 e. The van der Waals surface area contributed by atoms with Gasteiger partial charge in [-0.05, 0) is 88.2 Å². The van der Waals surface area contributed by atoms with Crippen LogP contribution in [0.2, 0.25) is 0 Å². The van der Waals surface area contributed by atoms with E-state index in [0.717, 1.165) is 61.0 Å². The number of rotatable bonds is 3. The van der Waals surface area contributed by atoms with Crippen molar-refractivity contribution in [3.05, 3.63) is 41.0 Å². The third kappa shape index (κ3) is 2.86. The molecule has 5 aliphatic rings. The van der Waals surface area contributed by atoms with Crippen LogP contribution < -0.4 is 5.32 Å². The van der Waals surface area contributed by atoms with Gasteiger partial charge in [0.15, 0.2) is 5.78 Å². The minimum absolute atomic E-state index is 0.0940. The summed E-state index contributed by atoms with van der Waals surface area (Å²) in [6, 6.07) is 5.86. The summed E-state index contributed by atoms with van der Waals surface area (Å²) in [6.07, 6.45) is 11.0. The Morgan fingerprint density at radius 2 is 1.70 bits per heavy atom. The summed E-state index contributed by atoms with van der Waals surface area (Å²) in [5.74, 6) is 2.62. The quantitative estimate of drug-likeness (QED) is 0.633. The Kier molecular flexibility index (Phi) is 3.70. The zero-order chi connectivity index (χ0) is 18.8. The fourth-order valence-electron chi connectivity index (χ4n) is 6.83. The number of aldehydes is 1. The molecule has 1 aromatic carbocycles. The average Bonchev–Trinajstić information content (AvgIpc) is 2.59. The molecule has 1 aromatic rings. The first-order valence-electron chi connectivity index (χ1n) is 10.5. The van der Waals surface area contributed by atoms with Crippen molar-refractivity contribution in [1.82, 2.24) is 5.32 Å². The number of benzene rings is 1. The smallest absolute Gasteiger partial charge is 0.163 e. The lowest BCUT2D eigenvalue weighted by Crippen LogP contribution is -2.50. The molecular weight excluding hydrogens is 334 g/mol. The van der Waals surface area contributed by atoms with Gasteiger partial charge in [-0.3, -0.25) is 9.59 Å². The van der Waals surface area contributed by atoms with Gasteiger partial charge in [0.1, 0.15) is 6.29 Å². The van der Waals surface area contributed by atoms with E-state index in [-0.39, 0.29) is 11.0 Å². The minimum atomic E-state index is -0.118. The van der Waals surface area contributed by atoms with Crippen LogP contribution in [0.5, 0.6) is 0 Å². The second-order valence-electron chi connectivity index (χ2n) is 10.3. The molecule has 1 aliphatic heterocycles. The summed E-state index contributed by atoms with van der Waals surface area (Å²) in [6.45, 7) is 4.35. The van der Waals surface area contributed by atoms with Crippen molar-refractivity contribution in [3.63, 3.8) is 0 Å². The van der Waals surface area contributed by atoms with Crippen molar-refractivity contribution in [1.29, 1.82) is 0 Å². The molecule has 0 aromatic heterocycles. The zero-order valence-corrected chi connectivity index (χ0v) is 16.4. The molecule has 4 bridgehead atoms. The van der Waals surface area contributed by atoms with E-state index in [0.29, 0.717) is 11.3 Å². The van der Waals surface area contributed by atoms with Crippen LogP contribution >= 0.6 is 0 Å². The van der Waals surface area contributed by atoms with Crippen LogP contribution in [0.4, 0.5) is 0 Å². The Hall–Kier alpha value is -1.90. The van der Waals surface area contributed by atoms with Gasteiger partial charge in [-0.15, -0.1) is 0 Å². The first-order valence-corrected chi connectivity index (χ1v) is 10.5. The lowest BCUT2D eigenvalue weighted by molar-refractivity contribution is -0.138. The SMILES string of the molecule is CC1(C)Cc2ccc(C=O)cc2C(=CC(=O)C23CC4CC(CC(C4)C2)C3)N1. The third-order valence-corrected chi connectivity index (χ3v) is 7.50. The predicted octanol–water partition coefficient (Wildman–Crippen LogP) is 4.55. The van der Waals surface area contributed by atoms with Gasteiger partial charge in [0.05, 0.1) is 0 Å². The Morgan fingerprint density at radius 1 is 1.07 bits per heavy atom. The monoisotopic (exact) mass is 363 g/mol. The highest BCUT2D eigenvalue weighted by atomic mass is 16.1. The summed E-state index contributed by atoms with van der Waals surface area (Å²) in [5, 5.41) is 3.59. The summed E-state index contributed by atoms with van der Waals surface area (Å²) in [7, 11) is 0. The molecule has 3 heteroatoms. The van der Waals surface area contributed by atoms with E-state index in [1.54, 1.807) is 0 Å². The minimum Gasteiger partial charge on any atom is -0.379 e. The lowest BCUT2D eigenvalue weighted by Gasteiger charge is -2.55. The van der Waals surface area contributed by atoms with E-state index in [4.69, 9.17) is 0 Å². The second kappa shape index (κ2) is 5.80. The Balaban J connectivity index is 1.53. The van der Waals surface area contributed by atoms with Gasteiger partial charge in [-0.1, -0.05) is 12.1 Å². The van der Waals surface area contributed by atoms with Crippen LogP contribution in [0.3, 0.4) is 0 Å². The predicted molar refractivity (Wildman–Crippen MR) is 106 cm³/mol. The third-order valence-electron chi connectivity index (χ3n) is 7.50. The van der Waals surface area contributed by atoms with Crippen molar-refractivity contribution in [2.75, 3.05) is 0 Å². The molecule has 0 unspecified atom stereocenters. The van der Waals surface area contributed by atoms with E-state index < -0.39 is 0 Å². The number of fused-ring (bicyclic) bond motifs is 1. The molecule has 142 valence electrons. The Labute approximate surface area is 161 Å². The van der Waals surface area contributed by atoms with Gasteiger partial charge in [-0.25, -0.2) is 0 Å². The molecule has 0 saturated heterocycles. The van der Waals surface area contributed by atoms with Crippen molar-refractivity contribution in [2.24, 2.45) is 23.2 Å². The number of nitrogens with one attached hydrogen (secondary N) is 1. The number of hydrogen-bond acceptors (Lipinski definition) is 3. The highest BCUT2D eigenvalue weighted by Crippen LogP contribution is 2.60. The number of carbonyl (C=O) groups is 2. The largest absolute Gasteiger partial charge is 0.379 e. The van der Waals surface area contributed by atoms with E-state index >= 15 is 0 Å². The summed E-state index contributed by atoms with van der Waals surface area (Å²) >= 11 is 0. The van der Waals surface area contributed by atoms with E-state index in [2.05, 4.69) is 19.2 Å². The van der Waals surface area contributed by atoms with Crippen LogP contribution in [-0.2, 0) is 11.2 Å². The number of ketones is 1. The number of hydrogen-bond donors (Lipinski definition) is 1. The van der Waals surface area contributed by atoms with Gasteiger partial charge in [0.25, 0.3) is 0 Å². The summed E-state index contributed by atoms with van der Waals surface area (Å²) < 4.78 is 0. The van der Waals surface area contributed by atoms with Crippen molar-refractivity contribution in [3.8, 4) is 0 Å². The molecule has 27 heavy (non-hydrogen) atoms. The van der Waals surface area contributed by atoms with Crippen LogP contribution in [0, 0.1) is 23.2 Å². The maximum absolute atomic E-state index is 13.6. The standard InChI is InChI=1S/C24H29NO2/c1-23(2)13-19-4-3-15(14-26)8-20(19)21(25-23)9-22(27)24-10-16-5-17(11-24)7-18(6-16)12-24/h3-4,8-9,14,16-18,25H,5-7,10-13H2,1-2H3. The first kappa shape index (κ1) is 17.2. The first-order chi connectivity index (χ1) is 12.9. The molecule has 4 aliphatic carbocycles. The van der Waals surface area contributed by atoms with E-state index in [1.807, 2.05) is 24.3 Å². The fraction of sp³-hybridized carbons (Fsp3) is 0.583. The molecule has 0 spiro atoms. The van der Waals surface area contributed by atoms with E-state index in [9.17, 15) is 9.59 Å². The highest BCUT2D eigenvalue weighted by Gasteiger charge is 2.54. The van der Waals surface area contributed by atoms with Gasteiger partial charge in [0.2, 0.25) is 0 Å². The van der Waals surface area contributed by atoms with Crippen molar-refractivity contribution < 1.29 is 9.59 Å². The van der Waals surface area contributed by atoms with Crippen molar-refractivity contribution in [2.45, 2.75) is 64.3 Å². The molecule has 1 heterocycles. The molecule has 6 rings (SSSR count). The zero-order valence-electron chi connectivity index (χ0n) is 16.4. The lowest BCUT2D eigenvalue weighted by atomic mass is 9.48. The van der Waals surface area contributed by atoms with Crippen LogP contribution in [0.25, 0.3) is 5.70 Å². The van der Waals surface area contributed by atoms with Crippen LogP contribution in [-0.4, -0.2) is 17.6 Å². The summed E-state index contributed by atoms with van der Waals surface area (Å²) in [4.78, 5) is 24.8. The fourth-order valence-corrected chi connectivity index (χ4v) is 6.83. The molecular formula is C24H29NO2. The molecule has 1 N–H and O–H groups in total. The number of carbonyl (C=O) groups excluding carboxylic acids is 2. The molecule has 0 atom stereocenters. The molecule has 0 radical (unpaired) electrons. The molecule has 3 nitrogen and oxygen atoms in total. The van der Waals surface area contributed by atoms with Crippen LogP contribution in [0.15, 0.2) is 24.3 Å². The maximum atomic E-state index is 13.6. The van der Waals surface area contributed by atoms with E-state index in [1.165, 1.54) is 24.8 Å². The molecule has 0 amide bonds. The van der Waals surface area contributed by atoms with Gasteiger partial charge < -0.3 is 5.32 Å². The van der Waals surface area contributed by atoms with Gasteiger partial charge >= 0.3 is 0 Å². The van der Waals surface area contributed by atoms with Crippen LogP contribution in [0.1, 0.15) is 73.9 Å². The average molecular weight is 364 g/mol. The highest BCUT2D eigenvalue weighted by molar-refractivity contribution is 6.01. The van der Waals surface area contributed by atoms with Gasteiger partial charge in [0, 0.05) is 33.9 Å². The summed E-state index contributed by atoms with van der Waals surface area (Å²) in [5.41, 5.74) is 3.61. The molecule has 4 saturated carbocycles. The molecule has 4 fully saturated rings.